The van der Waals surface area contributed by atoms with E-state index in [0.717, 1.165) is 12.1 Å². The molecule has 22 heavy (non-hydrogen) atoms. The van der Waals surface area contributed by atoms with E-state index >= 15 is 0 Å². The normalized spacial score (nSPS) is 14.2. The van der Waals surface area contributed by atoms with Crippen LogP contribution in [0.5, 0.6) is 0 Å². The SMILES string of the molecule is CC(CO)(CNC(=O)c1ccccc1C(F)(F)F)CC(=O)O. The van der Waals surface area contributed by atoms with Gasteiger partial charge >= 0.3 is 12.1 Å². The molecule has 0 spiro atoms. The molecule has 1 rings (SSSR count). The Labute approximate surface area is 124 Å². The molecule has 1 atom stereocenters. The molecule has 0 saturated carbocycles. The highest BCUT2D eigenvalue weighted by Gasteiger charge is 2.35. The molecule has 0 bridgehead atoms. The van der Waals surface area contributed by atoms with Crippen LogP contribution in [-0.2, 0) is 11.0 Å². The zero-order valence-corrected chi connectivity index (χ0v) is 11.8. The van der Waals surface area contributed by atoms with Crippen LogP contribution in [0.2, 0.25) is 0 Å². The molecule has 0 aliphatic heterocycles. The number of rotatable bonds is 6. The van der Waals surface area contributed by atoms with E-state index in [4.69, 9.17) is 5.11 Å². The maximum absolute atomic E-state index is 12.8. The number of aliphatic hydroxyl groups excluding tert-OH is 1. The molecule has 0 heterocycles. The van der Waals surface area contributed by atoms with Gasteiger partial charge in [0.2, 0.25) is 0 Å². The summed E-state index contributed by atoms with van der Waals surface area (Å²) in [4.78, 5) is 22.6. The molecule has 5 nitrogen and oxygen atoms in total. The number of carbonyl (C=O) groups excluding carboxylic acids is 1. The monoisotopic (exact) mass is 319 g/mol. The highest BCUT2D eigenvalue weighted by atomic mass is 19.4. The topological polar surface area (TPSA) is 86.6 Å². The summed E-state index contributed by atoms with van der Waals surface area (Å²) in [7, 11) is 0. The first-order chi connectivity index (χ1) is 10.1. The van der Waals surface area contributed by atoms with E-state index in [1.54, 1.807) is 0 Å². The minimum absolute atomic E-state index is 0.263. The van der Waals surface area contributed by atoms with Gasteiger partial charge in [-0.2, -0.15) is 13.2 Å². The number of hydrogen-bond acceptors (Lipinski definition) is 3. The molecule has 0 fully saturated rings. The molecular weight excluding hydrogens is 303 g/mol. The fourth-order valence-electron chi connectivity index (χ4n) is 1.86. The second kappa shape index (κ2) is 6.78. The standard InChI is InChI=1S/C14H16F3NO4/c1-13(8-19,6-11(20)21)7-18-12(22)9-4-2-3-5-10(9)14(15,16)17/h2-5,19H,6-8H2,1H3,(H,18,22)(H,20,21). The number of carboxylic acids is 1. The van der Waals surface area contributed by atoms with Gasteiger partial charge in [-0.3, -0.25) is 9.59 Å². The predicted octanol–water partition coefficient (Wildman–Crippen LogP) is 1.91. The molecule has 0 aromatic heterocycles. The lowest BCUT2D eigenvalue weighted by Crippen LogP contribution is -2.40. The molecule has 0 radical (unpaired) electrons. The van der Waals surface area contributed by atoms with E-state index in [1.165, 1.54) is 19.1 Å². The van der Waals surface area contributed by atoms with Crippen molar-refractivity contribution >= 4 is 11.9 Å². The quantitative estimate of drug-likeness (QED) is 0.747. The zero-order chi connectivity index (χ0) is 17.0. The van der Waals surface area contributed by atoms with Crippen LogP contribution in [0.1, 0.15) is 29.3 Å². The fourth-order valence-corrected chi connectivity index (χ4v) is 1.86. The molecule has 8 heteroatoms. The van der Waals surface area contributed by atoms with Gasteiger partial charge < -0.3 is 15.5 Å². The Morgan fingerprint density at radius 2 is 1.82 bits per heavy atom. The number of aliphatic carboxylic acids is 1. The molecule has 1 unspecified atom stereocenters. The van der Waals surface area contributed by atoms with Gasteiger partial charge in [-0.1, -0.05) is 19.1 Å². The third-order valence-corrected chi connectivity index (χ3v) is 3.11. The van der Waals surface area contributed by atoms with E-state index in [-0.39, 0.29) is 6.54 Å². The summed E-state index contributed by atoms with van der Waals surface area (Å²) in [5.74, 6) is -2.15. The average Bonchev–Trinajstić information content (AvgIpc) is 2.43. The number of halogens is 3. The van der Waals surface area contributed by atoms with Crippen LogP contribution in [-0.4, -0.2) is 35.2 Å². The molecule has 1 aromatic carbocycles. The van der Waals surface area contributed by atoms with Crippen molar-refractivity contribution in [2.75, 3.05) is 13.2 Å². The first-order valence-electron chi connectivity index (χ1n) is 6.36. The van der Waals surface area contributed by atoms with Gasteiger partial charge in [-0.15, -0.1) is 0 Å². The number of aliphatic hydroxyl groups is 1. The molecule has 1 aromatic rings. The summed E-state index contributed by atoms with van der Waals surface area (Å²) in [5.41, 5.74) is -2.78. The fraction of sp³-hybridized carbons (Fsp3) is 0.429. The van der Waals surface area contributed by atoms with Crippen molar-refractivity contribution in [3.05, 3.63) is 35.4 Å². The smallest absolute Gasteiger partial charge is 0.417 e. The van der Waals surface area contributed by atoms with Gasteiger partial charge in [-0.25, -0.2) is 0 Å². The number of carbonyl (C=O) groups is 2. The van der Waals surface area contributed by atoms with Gasteiger partial charge in [0.05, 0.1) is 24.2 Å². The lowest BCUT2D eigenvalue weighted by Gasteiger charge is -2.25. The molecule has 0 aliphatic rings. The van der Waals surface area contributed by atoms with Crippen LogP contribution in [0.3, 0.4) is 0 Å². The van der Waals surface area contributed by atoms with Crippen LogP contribution in [0.15, 0.2) is 24.3 Å². The van der Waals surface area contributed by atoms with E-state index in [0.29, 0.717) is 0 Å². The molecule has 3 N–H and O–H groups in total. The Balaban J connectivity index is 2.89. The number of hydrogen-bond donors (Lipinski definition) is 3. The van der Waals surface area contributed by atoms with Gasteiger partial charge in [-0.05, 0) is 12.1 Å². The maximum Gasteiger partial charge on any atom is 0.417 e. The Bertz CT molecular complexity index is 559. The number of alkyl halides is 3. The van der Waals surface area contributed by atoms with Gasteiger partial charge in [0.25, 0.3) is 5.91 Å². The number of benzene rings is 1. The lowest BCUT2D eigenvalue weighted by molar-refractivity contribution is -0.140. The molecule has 0 saturated heterocycles. The van der Waals surface area contributed by atoms with Crippen molar-refractivity contribution in [2.24, 2.45) is 5.41 Å². The van der Waals surface area contributed by atoms with Gasteiger partial charge in [0, 0.05) is 12.0 Å². The summed E-state index contributed by atoms with van der Waals surface area (Å²) in [6, 6.07) is 4.29. The van der Waals surface area contributed by atoms with E-state index in [1.807, 2.05) is 0 Å². The third kappa shape index (κ3) is 4.73. The summed E-state index contributed by atoms with van der Waals surface area (Å²) >= 11 is 0. The van der Waals surface area contributed by atoms with Gasteiger partial charge in [0.1, 0.15) is 0 Å². The second-order valence-electron chi connectivity index (χ2n) is 5.27. The van der Waals surface area contributed by atoms with Crippen molar-refractivity contribution in [1.82, 2.24) is 5.32 Å². The van der Waals surface area contributed by atoms with Crippen LogP contribution in [0, 0.1) is 5.41 Å². The number of nitrogens with one attached hydrogen (secondary N) is 1. The van der Waals surface area contributed by atoms with Crippen molar-refractivity contribution in [1.29, 1.82) is 0 Å². The average molecular weight is 319 g/mol. The van der Waals surface area contributed by atoms with Gasteiger partial charge in [0.15, 0.2) is 0 Å². The van der Waals surface area contributed by atoms with Crippen molar-refractivity contribution in [2.45, 2.75) is 19.5 Å². The molecule has 0 aliphatic carbocycles. The van der Waals surface area contributed by atoms with E-state index in [9.17, 15) is 27.9 Å². The lowest BCUT2D eigenvalue weighted by atomic mass is 9.87. The zero-order valence-electron chi connectivity index (χ0n) is 11.8. The first-order valence-corrected chi connectivity index (χ1v) is 6.36. The predicted molar refractivity (Wildman–Crippen MR) is 71.2 cm³/mol. The minimum atomic E-state index is -4.67. The summed E-state index contributed by atoms with van der Waals surface area (Å²) < 4.78 is 38.5. The second-order valence-corrected chi connectivity index (χ2v) is 5.27. The van der Waals surface area contributed by atoms with Crippen LogP contribution >= 0.6 is 0 Å². The van der Waals surface area contributed by atoms with Crippen LogP contribution in [0.4, 0.5) is 13.2 Å². The Morgan fingerprint density at radius 1 is 1.23 bits per heavy atom. The van der Waals surface area contributed by atoms with Crippen molar-refractivity contribution in [3.8, 4) is 0 Å². The summed E-state index contributed by atoms with van der Waals surface area (Å²) in [6.45, 7) is 0.623. The third-order valence-electron chi connectivity index (χ3n) is 3.11. The molecule has 1 amide bonds. The molecule has 122 valence electrons. The highest BCUT2D eigenvalue weighted by molar-refractivity contribution is 5.95. The van der Waals surface area contributed by atoms with Crippen molar-refractivity contribution in [3.63, 3.8) is 0 Å². The Kier molecular flexibility index (Phi) is 5.54. The first kappa shape index (κ1) is 18.0. The van der Waals surface area contributed by atoms with E-state index in [2.05, 4.69) is 5.32 Å². The summed E-state index contributed by atoms with van der Waals surface area (Å²) in [5, 5.41) is 20.2. The van der Waals surface area contributed by atoms with Crippen LogP contribution in [0.25, 0.3) is 0 Å². The number of carboxylic acid groups (broad SMARTS) is 1. The highest BCUT2D eigenvalue weighted by Crippen LogP contribution is 2.31. The van der Waals surface area contributed by atoms with E-state index < -0.39 is 47.6 Å². The summed E-state index contributed by atoms with van der Waals surface area (Å²) in [6.07, 6.45) is -5.10. The van der Waals surface area contributed by atoms with Crippen molar-refractivity contribution < 1.29 is 33.0 Å². The number of amides is 1. The Hall–Kier alpha value is -2.09. The maximum atomic E-state index is 12.8. The largest absolute Gasteiger partial charge is 0.481 e. The van der Waals surface area contributed by atoms with Crippen LogP contribution < -0.4 is 5.32 Å². The Morgan fingerprint density at radius 3 is 2.32 bits per heavy atom. The molecular formula is C14H16F3NO4. The minimum Gasteiger partial charge on any atom is -0.481 e.